The van der Waals surface area contributed by atoms with Gasteiger partial charge in [0, 0.05) is 13.0 Å². The summed E-state index contributed by atoms with van der Waals surface area (Å²) in [6.07, 6.45) is 2.08. The van der Waals surface area contributed by atoms with Gasteiger partial charge in [-0.3, -0.25) is 4.79 Å². The van der Waals surface area contributed by atoms with Crippen LogP contribution in [0.25, 0.3) is 0 Å². The Labute approximate surface area is 117 Å². The Morgan fingerprint density at radius 1 is 1.42 bits per heavy atom. The van der Waals surface area contributed by atoms with Gasteiger partial charge in [-0.15, -0.1) is 0 Å². The monoisotopic (exact) mass is 284 g/mol. The molecule has 0 bridgehead atoms. The molecule has 5 nitrogen and oxygen atoms in total. The van der Waals surface area contributed by atoms with Crippen molar-refractivity contribution in [2.75, 3.05) is 5.32 Å². The van der Waals surface area contributed by atoms with E-state index in [-0.39, 0.29) is 22.4 Å². The van der Waals surface area contributed by atoms with Gasteiger partial charge in [0.25, 0.3) is 0 Å². The molecule has 0 fully saturated rings. The van der Waals surface area contributed by atoms with Crippen LogP contribution in [0.4, 0.5) is 5.13 Å². The molecule has 1 heterocycles. The van der Waals surface area contributed by atoms with Gasteiger partial charge in [-0.05, 0) is 19.3 Å². The highest BCUT2D eigenvalue weighted by Gasteiger charge is 2.21. The molecule has 1 aromatic rings. The van der Waals surface area contributed by atoms with E-state index < -0.39 is 5.97 Å². The van der Waals surface area contributed by atoms with Crippen molar-refractivity contribution in [2.45, 2.75) is 46.6 Å². The molecular formula is C13H20N2O3S. The number of carboxylic acids is 1. The molecule has 0 spiro atoms. The molecule has 106 valence electrons. The second-order valence-electron chi connectivity index (χ2n) is 4.85. The minimum absolute atomic E-state index is 0.157. The minimum atomic E-state index is -1.16. The fourth-order valence-corrected chi connectivity index (χ4v) is 2.77. The van der Waals surface area contributed by atoms with Crippen molar-refractivity contribution in [3.05, 3.63) is 10.6 Å². The maximum Gasteiger partial charge on any atom is 0.356 e. The molecule has 0 aliphatic rings. The lowest BCUT2D eigenvalue weighted by atomic mass is 10.0. The van der Waals surface area contributed by atoms with Gasteiger partial charge in [-0.25, -0.2) is 9.78 Å². The van der Waals surface area contributed by atoms with E-state index >= 15 is 0 Å². The third-order valence-electron chi connectivity index (χ3n) is 2.97. The average molecular weight is 284 g/mol. The third-order valence-corrected chi connectivity index (χ3v) is 4.06. The van der Waals surface area contributed by atoms with Gasteiger partial charge in [0.1, 0.15) is 4.88 Å². The van der Waals surface area contributed by atoms with E-state index in [0.29, 0.717) is 11.0 Å². The highest BCUT2D eigenvalue weighted by atomic mass is 32.1. The fourth-order valence-electron chi connectivity index (χ4n) is 1.81. The zero-order chi connectivity index (χ0) is 14.6. The molecule has 1 aromatic heterocycles. The summed E-state index contributed by atoms with van der Waals surface area (Å²) in [5.74, 6) is -0.838. The average Bonchev–Trinajstić information content (AvgIpc) is 2.72. The van der Waals surface area contributed by atoms with E-state index in [2.05, 4.69) is 24.1 Å². The van der Waals surface area contributed by atoms with Crippen molar-refractivity contribution in [1.29, 1.82) is 0 Å². The van der Waals surface area contributed by atoms with Crippen molar-refractivity contribution in [3.8, 4) is 0 Å². The number of anilines is 1. The Hall–Kier alpha value is -1.43. The molecule has 2 N–H and O–H groups in total. The van der Waals surface area contributed by atoms with Gasteiger partial charge in [-0.2, -0.15) is 0 Å². The Morgan fingerprint density at radius 2 is 2.05 bits per heavy atom. The summed E-state index contributed by atoms with van der Waals surface area (Å²) in [7, 11) is 0. The summed E-state index contributed by atoms with van der Waals surface area (Å²) < 4.78 is 0. The number of carbonyl (C=O) groups excluding carboxylic acids is 1. The number of hydrogen-bond donors (Lipinski definition) is 2. The van der Waals surface area contributed by atoms with E-state index in [1.165, 1.54) is 6.92 Å². The Kier molecular flexibility index (Phi) is 5.47. The highest BCUT2D eigenvalue weighted by molar-refractivity contribution is 7.17. The number of carboxylic acid groups (broad SMARTS) is 1. The van der Waals surface area contributed by atoms with Crippen molar-refractivity contribution >= 4 is 28.2 Å². The van der Waals surface area contributed by atoms with Crippen LogP contribution in [-0.4, -0.2) is 27.9 Å². The molecule has 0 saturated carbocycles. The van der Waals surface area contributed by atoms with Crippen LogP contribution in [0.15, 0.2) is 0 Å². The summed E-state index contributed by atoms with van der Waals surface area (Å²) >= 11 is 1.11. The van der Waals surface area contributed by atoms with Crippen molar-refractivity contribution in [3.63, 3.8) is 0 Å². The molecular weight excluding hydrogens is 264 g/mol. The van der Waals surface area contributed by atoms with Gasteiger partial charge >= 0.3 is 5.97 Å². The predicted molar refractivity (Wildman–Crippen MR) is 76.2 cm³/mol. The van der Waals surface area contributed by atoms with Crippen LogP contribution in [0.2, 0.25) is 0 Å². The Bertz CT molecular complexity index is 439. The van der Waals surface area contributed by atoms with Crippen LogP contribution < -0.4 is 5.32 Å². The first-order valence-electron chi connectivity index (χ1n) is 6.36. The first-order chi connectivity index (χ1) is 8.85. The van der Waals surface area contributed by atoms with Gasteiger partial charge < -0.3 is 10.4 Å². The van der Waals surface area contributed by atoms with E-state index in [1.807, 2.05) is 6.92 Å². The number of Topliss-reactive ketones (excluding diaryl/α,β-unsaturated/α-hetero) is 1. The molecule has 6 heteroatoms. The van der Waals surface area contributed by atoms with Crippen LogP contribution in [0.3, 0.4) is 0 Å². The number of nitrogens with one attached hydrogen (secondary N) is 1. The maximum atomic E-state index is 11.4. The number of rotatable bonds is 7. The lowest BCUT2D eigenvalue weighted by molar-refractivity contribution is 0.0687. The number of aromatic nitrogens is 1. The summed E-state index contributed by atoms with van der Waals surface area (Å²) in [6.45, 7) is 7.69. The maximum absolute atomic E-state index is 11.4. The summed E-state index contributed by atoms with van der Waals surface area (Å²) in [5, 5.41) is 12.7. The Morgan fingerprint density at radius 3 is 2.47 bits per heavy atom. The minimum Gasteiger partial charge on any atom is -0.476 e. The van der Waals surface area contributed by atoms with E-state index in [1.54, 1.807) is 0 Å². The Balaban J connectivity index is 2.82. The number of aromatic carboxylic acids is 1. The number of nitrogens with zero attached hydrogens (tertiary/aromatic N) is 1. The lowest BCUT2D eigenvalue weighted by Gasteiger charge is -2.16. The quantitative estimate of drug-likeness (QED) is 0.751. The molecule has 0 radical (unpaired) electrons. The molecule has 1 rings (SSSR count). The lowest BCUT2D eigenvalue weighted by Crippen LogP contribution is -2.18. The van der Waals surface area contributed by atoms with Crippen LogP contribution in [0, 0.1) is 5.92 Å². The standard InChI is InChI=1S/C13H20N2O3S/c1-5-7(2)6-8(3)14-13-15-10(12(17)18)11(19-13)9(4)16/h7-8H,5-6H2,1-4H3,(H,14,15)(H,17,18). The van der Waals surface area contributed by atoms with Crippen LogP contribution in [0.5, 0.6) is 0 Å². The van der Waals surface area contributed by atoms with Crippen LogP contribution >= 0.6 is 11.3 Å². The first kappa shape index (κ1) is 15.6. The SMILES string of the molecule is CCC(C)CC(C)Nc1nc(C(=O)O)c(C(C)=O)s1. The molecule has 0 aliphatic carbocycles. The van der Waals surface area contributed by atoms with E-state index in [4.69, 9.17) is 5.11 Å². The highest BCUT2D eigenvalue weighted by Crippen LogP contribution is 2.25. The molecule has 19 heavy (non-hydrogen) atoms. The predicted octanol–water partition coefficient (Wildman–Crippen LogP) is 3.28. The van der Waals surface area contributed by atoms with Gasteiger partial charge in [0.2, 0.25) is 0 Å². The summed E-state index contributed by atoms with van der Waals surface area (Å²) in [6, 6.07) is 0.197. The number of thiazole rings is 1. The number of hydrogen-bond acceptors (Lipinski definition) is 5. The van der Waals surface area contributed by atoms with Gasteiger partial charge in [0.15, 0.2) is 16.6 Å². The van der Waals surface area contributed by atoms with Gasteiger partial charge in [0.05, 0.1) is 0 Å². The summed E-state index contributed by atoms with van der Waals surface area (Å²) in [5.41, 5.74) is -0.157. The topological polar surface area (TPSA) is 79.3 Å². The second kappa shape index (κ2) is 6.65. The fraction of sp³-hybridized carbons (Fsp3) is 0.615. The zero-order valence-electron chi connectivity index (χ0n) is 11.7. The van der Waals surface area contributed by atoms with E-state index in [0.717, 1.165) is 24.2 Å². The van der Waals surface area contributed by atoms with E-state index in [9.17, 15) is 9.59 Å². The molecule has 2 unspecified atom stereocenters. The van der Waals surface area contributed by atoms with Crippen LogP contribution in [-0.2, 0) is 0 Å². The molecule has 0 aliphatic heterocycles. The number of ketones is 1. The van der Waals surface area contributed by atoms with Crippen molar-refractivity contribution in [2.24, 2.45) is 5.92 Å². The smallest absolute Gasteiger partial charge is 0.356 e. The molecule has 0 saturated heterocycles. The zero-order valence-corrected chi connectivity index (χ0v) is 12.5. The first-order valence-corrected chi connectivity index (χ1v) is 7.18. The van der Waals surface area contributed by atoms with Crippen molar-refractivity contribution < 1.29 is 14.7 Å². The third kappa shape index (κ3) is 4.31. The number of carbonyl (C=O) groups is 2. The second-order valence-corrected chi connectivity index (χ2v) is 5.85. The van der Waals surface area contributed by atoms with Crippen molar-refractivity contribution in [1.82, 2.24) is 4.98 Å². The largest absolute Gasteiger partial charge is 0.476 e. The normalized spacial score (nSPS) is 13.9. The van der Waals surface area contributed by atoms with Gasteiger partial charge in [-0.1, -0.05) is 31.6 Å². The molecule has 0 amide bonds. The molecule has 2 atom stereocenters. The molecule has 0 aromatic carbocycles. The van der Waals surface area contributed by atoms with Crippen LogP contribution in [0.1, 0.15) is 60.7 Å². The summed E-state index contributed by atoms with van der Waals surface area (Å²) in [4.78, 5) is 26.6.